The summed E-state index contributed by atoms with van der Waals surface area (Å²) in [7, 11) is 1.49. The molecule has 0 spiro atoms. The average Bonchev–Trinajstić information content (AvgIpc) is 2.93. The number of ketones is 1. The molecule has 2 aromatic carbocycles. The van der Waals surface area contributed by atoms with Gasteiger partial charge in [-0.05, 0) is 30.3 Å². The van der Waals surface area contributed by atoms with E-state index in [9.17, 15) is 24.2 Å². The summed E-state index contributed by atoms with van der Waals surface area (Å²) in [5.41, 5.74) is 0.142. The maximum atomic E-state index is 14.4. The average molecular weight is 371 g/mol. The van der Waals surface area contributed by atoms with E-state index in [0.29, 0.717) is 11.3 Å². The summed E-state index contributed by atoms with van der Waals surface area (Å²) in [6.45, 7) is -0.566. The molecule has 0 saturated carbocycles. The molecule has 27 heavy (non-hydrogen) atoms. The fraction of sp³-hybridized carbons (Fsp3) is 0.200. The molecule has 140 valence electrons. The molecule has 0 aliphatic carbocycles. The van der Waals surface area contributed by atoms with Gasteiger partial charge in [-0.25, -0.2) is 4.39 Å². The van der Waals surface area contributed by atoms with Gasteiger partial charge >= 0.3 is 0 Å². The number of amides is 1. The van der Waals surface area contributed by atoms with Gasteiger partial charge < -0.3 is 19.8 Å². The zero-order valence-electron chi connectivity index (χ0n) is 14.6. The van der Waals surface area contributed by atoms with Crippen molar-refractivity contribution in [2.45, 2.75) is 6.04 Å². The first-order chi connectivity index (χ1) is 13.0. The van der Waals surface area contributed by atoms with E-state index < -0.39 is 35.9 Å². The first-order valence-electron chi connectivity index (χ1n) is 8.27. The van der Waals surface area contributed by atoms with Crippen LogP contribution in [0.15, 0.2) is 54.1 Å². The van der Waals surface area contributed by atoms with Crippen molar-refractivity contribution in [1.82, 2.24) is 4.90 Å². The van der Waals surface area contributed by atoms with Gasteiger partial charge in [-0.3, -0.25) is 9.59 Å². The Balaban J connectivity index is 2.18. The first-order valence-corrected chi connectivity index (χ1v) is 8.27. The number of halogens is 1. The number of nitrogens with zero attached hydrogens (tertiary/aromatic N) is 1. The van der Waals surface area contributed by atoms with E-state index >= 15 is 0 Å². The van der Waals surface area contributed by atoms with Crippen LogP contribution in [0.5, 0.6) is 5.75 Å². The number of carbonyl (C=O) groups excluding carboxylic acids is 2. The fourth-order valence-corrected chi connectivity index (χ4v) is 3.14. The highest BCUT2D eigenvalue weighted by molar-refractivity contribution is 6.46. The van der Waals surface area contributed by atoms with E-state index in [1.165, 1.54) is 37.4 Å². The lowest BCUT2D eigenvalue weighted by Gasteiger charge is -2.24. The van der Waals surface area contributed by atoms with Gasteiger partial charge in [0.1, 0.15) is 17.3 Å². The van der Waals surface area contributed by atoms with Crippen molar-refractivity contribution in [3.8, 4) is 5.75 Å². The highest BCUT2D eigenvalue weighted by atomic mass is 19.1. The van der Waals surface area contributed by atoms with Crippen molar-refractivity contribution >= 4 is 17.4 Å². The number of aliphatic hydroxyl groups is 2. The SMILES string of the molecule is COc1ccc(/C(O)=C2\C(=O)C(=O)N(CCO)C2c2ccccc2F)cc1. The highest BCUT2D eigenvalue weighted by Gasteiger charge is 2.46. The van der Waals surface area contributed by atoms with Crippen LogP contribution in [0.1, 0.15) is 17.2 Å². The third-order valence-corrected chi connectivity index (χ3v) is 4.44. The first kappa shape index (κ1) is 18.6. The predicted octanol–water partition coefficient (Wildman–Crippen LogP) is 2.25. The van der Waals surface area contributed by atoms with E-state index in [-0.39, 0.29) is 17.7 Å². The van der Waals surface area contributed by atoms with E-state index in [0.717, 1.165) is 4.90 Å². The number of benzene rings is 2. The number of aliphatic hydroxyl groups excluding tert-OH is 2. The van der Waals surface area contributed by atoms with Crippen LogP contribution in [0.25, 0.3) is 5.76 Å². The Morgan fingerprint density at radius 2 is 1.81 bits per heavy atom. The Morgan fingerprint density at radius 1 is 1.15 bits per heavy atom. The number of Topliss-reactive ketones (excluding diaryl/α,β-unsaturated/α-hetero) is 1. The number of hydrogen-bond acceptors (Lipinski definition) is 5. The Bertz CT molecular complexity index is 907. The molecule has 0 bridgehead atoms. The quantitative estimate of drug-likeness (QED) is 0.478. The van der Waals surface area contributed by atoms with Crippen molar-refractivity contribution in [1.29, 1.82) is 0 Å². The van der Waals surface area contributed by atoms with Crippen molar-refractivity contribution in [2.24, 2.45) is 0 Å². The minimum atomic E-state index is -1.12. The van der Waals surface area contributed by atoms with Crippen molar-refractivity contribution in [3.05, 3.63) is 71.0 Å². The Hall–Kier alpha value is -3.19. The van der Waals surface area contributed by atoms with Gasteiger partial charge in [0, 0.05) is 17.7 Å². The van der Waals surface area contributed by atoms with Gasteiger partial charge in [-0.2, -0.15) is 0 Å². The molecule has 6 nitrogen and oxygen atoms in total. The molecule has 1 saturated heterocycles. The summed E-state index contributed by atoms with van der Waals surface area (Å²) >= 11 is 0. The minimum Gasteiger partial charge on any atom is -0.507 e. The summed E-state index contributed by atoms with van der Waals surface area (Å²) in [6.07, 6.45) is 0. The number of ether oxygens (including phenoxy) is 1. The maximum Gasteiger partial charge on any atom is 0.295 e. The second-order valence-electron chi connectivity index (χ2n) is 5.97. The van der Waals surface area contributed by atoms with Crippen molar-refractivity contribution < 1.29 is 28.9 Å². The van der Waals surface area contributed by atoms with Crippen LogP contribution in [0.3, 0.4) is 0 Å². The molecule has 1 fully saturated rings. The van der Waals surface area contributed by atoms with Crippen molar-refractivity contribution in [2.75, 3.05) is 20.3 Å². The van der Waals surface area contributed by atoms with Gasteiger partial charge in [0.25, 0.3) is 11.7 Å². The van der Waals surface area contributed by atoms with E-state index in [2.05, 4.69) is 0 Å². The Labute approximate surface area is 155 Å². The zero-order valence-corrected chi connectivity index (χ0v) is 14.6. The van der Waals surface area contributed by atoms with Gasteiger partial charge in [0.05, 0.1) is 25.3 Å². The molecule has 1 aliphatic rings. The predicted molar refractivity (Wildman–Crippen MR) is 95.5 cm³/mol. The van der Waals surface area contributed by atoms with Crippen LogP contribution >= 0.6 is 0 Å². The molecule has 1 heterocycles. The summed E-state index contributed by atoms with van der Waals surface area (Å²) in [4.78, 5) is 26.1. The molecule has 2 N–H and O–H groups in total. The van der Waals surface area contributed by atoms with Gasteiger partial charge in [-0.15, -0.1) is 0 Å². The maximum absolute atomic E-state index is 14.4. The Morgan fingerprint density at radius 3 is 2.41 bits per heavy atom. The van der Waals surface area contributed by atoms with E-state index in [1.54, 1.807) is 18.2 Å². The molecule has 1 amide bonds. The largest absolute Gasteiger partial charge is 0.507 e. The molecular weight excluding hydrogens is 353 g/mol. The molecule has 0 aromatic heterocycles. The summed E-state index contributed by atoms with van der Waals surface area (Å²) in [5, 5.41) is 20.0. The number of likely N-dealkylation sites (tertiary alicyclic amines) is 1. The zero-order chi connectivity index (χ0) is 19.6. The third kappa shape index (κ3) is 3.29. The smallest absolute Gasteiger partial charge is 0.295 e. The lowest BCUT2D eigenvalue weighted by atomic mass is 9.95. The number of hydrogen-bond donors (Lipinski definition) is 2. The molecule has 7 heteroatoms. The van der Waals surface area contributed by atoms with Gasteiger partial charge in [-0.1, -0.05) is 18.2 Å². The molecule has 1 unspecified atom stereocenters. The van der Waals surface area contributed by atoms with Crippen LogP contribution < -0.4 is 4.74 Å². The second kappa shape index (κ2) is 7.59. The summed E-state index contributed by atoms with van der Waals surface area (Å²) in [5.74, 6) is -2.30. The fourth-order valence-electron chi connectivity index (χ4n) is 3.14. The molecule has 1 aliphatic heterocycles. The second-order valence-corrected chi connectivity index (χ2v) is 5.97. The third-order valence-electron chi connectivity index (χ3n) is 4.44. The van der Waals surface area contributed by atoms with Crippen LogP contribution in [0.2, 0.25) is 0 Å². The number of methoxy groups -OCH3 is 1. The topological polar surface area (TPSA) is 87.1 Å². The molecule has 2 aromatic rings. The van der Waals surface area contributed by atoms with E-state index in [1.807, 2.05) is 0 Å². The number of carbonyl (C=O) groups is 2. The normalized spacial score (nSPS) is 18.8. The van der Waals surface area contributed by atoms with Crippen molar-refractivity contribution in [3.63, 3.8) is 0 Å². The van der Waals surface area contributed by atoms with Crippen LogP contribution in [-0.4, -0.2) is 47.1 Å². The monoisotopic (exact) mass is 371 g/mol. The standard InChI is InChI=1S/C20H18FNO5/c1-27-13-8-6-12(7-9-13)18(24)16-17(14-4-2-3-5-15(14)21)22(10-11-23)20(26)19(16)25/h2-9,17,23-24H,10-11H2,1H3/b18-16+. The summed E-state index contributed by atoms with van der Waals surface area (Å²) in [6, 6.07) is 10.8. The Kier molecular flexibility index (Phi) is 5.23. The molecule has 0 radical (unpaired) electrons. The molecule has 3 rings (SSSR count). The van der Waals surface area contributed by atoms with Gasteiger partial charge in [0.15, 0.2) is 0 Å². The highest BCUT2D eigenvalue weighted by Crippen LogP contribution is 2.40. The lowest BCUT2D eigenvalue weighted by Crippen LogP contribution is -2.32. The van der Waals surface area contributed by atoms with Crippen LogP contribution in [0, 0.1) is 5.82 Å². The number of β-amino-alcohol motifs (C(OH)–C–C–N with tert-alkyl or cyclic N) is 1. The van der Waals surface area contributed by atoms with E-state index in [4.69, 9.17) is 4.74 Å². The lowest BCUT2D eigenvalue weighted by molar-refractivity contribution is -0.140. The molecular formula is C20H18FNO5. The van der Waals surface area contributed by atoms with Crippen LogP contribution in [0.4, 0.5) is 4.39 Å². The number of rotatable bonds is 5. The summed E-state index contributed by atoms with van der Waals surface area (Å²) < 4.78 is 19.5. The van der Waals surface area contributed by atoms with Crippen LogP contribution in [-0.2, 0) is 9.59 Å². The van der Waals surface area contributed by atoms with Gasteiger partial charge in [0.2, 0.25) is 0 Å². The minimum absolute atomic E-state index is 0.0696. The molecule has 1 atom stereocenters.